The molecule has 2 heteroatoms. The third kappa shape index (κ3) is 3.18. The zero-order valence-electron chi connectivity index (χ0n) is 9.83. The van der Waals surface area contributed by atoms with Crippen LogP contribution in [0.2, 0.25) is 0 Å². The van der Waals surface area contributed by atoms with Gasteiger partial charge in [-0.25, -0.2) is 0 Å². The van der Waals surface area contributed by atoms with Gasteiger partial charge in [0.25, 0.3) is 0 Å². The summed E-state index contributed by atoms with van der Waals surface area (Å²) in [5, 5.41) is 0. The van der Waals surface area contributed by atoms with Crippen molar-refractivity contribution in [3.05, 3.63) is 23.9 Å². The molecule has 1 unspecified atom stereocenters. The number of nitrogens with zero attached hydrogens (tertiary/aromatic N) is 2. The minimum atomic E-state index is 0.604. The molecule has 14 heavy (non-hydrogen) atoms. The van der Waals surface area contributed by atoms with E-state index in [1.807, 2.05) is 0 Å². The average molecular weight is 194 g/mol. The summed E-state index contributed by atoms with van der Waals surface area (Å²) in [7, 11) is 6.45. The predicted molar refractivity (Wildman–Crippen MR) is 62.2 cm³/mol. The molecule has 0 aliphatic heterocycles. The highest BCUT2D eigenvalue weighted by atomic mass is 15.2. The maximum absolute atomic E-state index is 2.37. The van der Waals surface area contributed by atoms with Crippen molar-refractivity contribution in [1.82, 2.24) is 9.80 Å². The maximum Gasteiger partial charge on any atom is 0.0325 e. The Morgan fingerprint density at radius 1 is 1.36 bits per heavy atom. The predicted octanol–water partition coefficient (Wildman–Crippen LogP) is 2.10. The van der Waals surface area contributed by atoms with Crippen LogP contribution in [0, 0.1) is 0 Å². The summed E-state index contributed by atoms with van der Waals surface area (Å²) in [5.74, 6) is 0. The SMILES string of the molecule is CC(CN(C)C1=CC=CCC1)N(C)C. The molecule has 0 bridgehead atoms. The zero-order valence-corrected chi connectivity index (χ0v) is 9.83. The third-order valence-electron chi connectivity index (χ3n) is 2.90. The highest BCUT2D eigenvalue weighted by Gasteiger charge is 2.11. The minimum absolute atomic E-state index is 0.604. The molecule has 0 radical (unpaired) electrons. The van der Waals surface area contributed by atoms with Gasteiger partial charge in [0, 0.05) is 25.3 Å². The molecule has 0 amide bonds. The van der Waals surface area contributed by atoms with Crippen molar-refractivity contribution in [3.63, 3.8) is 0 Å². The van der Waals surface area contributed by atoms with Crippen LogP contribution in [0.5, 0.6) is 0 Å². The first kappa shape index (κ1) is 11.3. The number of likely N-dealkylation sites (N-methyl/N-ethyl adjacent to an activating group) is 2. The van der Waals surface area contributed by atoms with Gasteiger partial charge in [-0.05, 0) is 39.9 Å². The quantitative estimate of drug-likeness (QED) is 0.676. The molecule has 0 saturated heterocycles. The lowest BCUT2D eigenvalue weighted by Crippen LogP contribution is -2.36. The summed E-state index contributed by atoms with van der Waals surface area (Å²) in [6.45, 7) is 3.36. The molecule has 80 valence electrons. The standard InChI is InChI=1S/C12H22N2/c1-11(13(2)3)10-14(4)12-8-6-5-7-9-12/h5-6,8,11H,7,9-10H2,1-4H3. The molecular weight excluding hydrogens is 172 g/mol. The Bertz CT molecular complexity index is 228. The van der Waals surface area contributed by atoms with Gasteiger partial charge in [-0.15, -0.1) is 0 Å². The Kier molecular flexibility index (Phi) is 4.21. The van der Waals surface area contributed by atoms with Crippen molar-refractivity contribution in [3.8, 4) is 0 Å². The normalized spacial score (nSPS) is 18.2. The fraction of sp³-hybridized carbons (Fsp3) is 0.667. The minimum Gasteiger partial charge on any atom is -0.376 e. The van der Waals surface area contributed by atoms with E-state index in [0.29, 0.717) is 6.04 Å². The first-order valence-electron chi connectivity index (χ1n) is 5.34. The molecule has 0 aromatic carbocycles. The molecule has 0 N–H and O–H groups in total. The molecule has 2 nitrogen and oxygen atoms in total. The van der Waals surface area contributed by atoms with Crippen molar-refractivity contribution >= 4 is 0 Å². The molecule has 0 fully saturated rings. The largest absolute Gasteiger partial charge is 0.376 e. The van der Waals surface area contributed by atoms with Gasteiger partial charge >= 0.3 is 0 Å². The van der Waals surface area contributed by atoms with E-state index < -0.39 is 0 Å². The summed E-state index contributed by atoms with van der Waals surface area (Å²) in [4.78, 5) is 4.63. The molecule has 1 aliphatic rings. The molecule has 0 heterocycles. The zero-order chi connectivity index (χ0) is 10.6. The first-order valence-corrected chi connectivity index (χ1v) is 5.34. The van der Waals surface area contributed by atoms with E-state index in [-0.39, 0.29) is 0 Å². The van der Waals surface area contributed by atoms with Crippen molar-refractivity contribution in [2.75, 3.05) is 27.7 Å². The van der Waals surface area contributed by atoms with Crippen LogP contribution in [-0.2, 0) is 0 Å². The van der Waals surface area contributed by atoms with E-state index in [4.69, 9.17) is 0 Å². The summed E-state index contributed by atoms with van der Waals surface area (Å²) < 4.78 is 0. The smallest absolute Gasteiger partial charge is 0.0325 e. The molecule has 0 aromatic rings. The summed E-state index contributed by atoms with van der Waals surface area (Å²) >= 11 is 0. The van der Waals surface area contributed by atoms with Gasteiger partial charge in [-0.1, -0.05) is 12.2 Å². The first-order chi connectivity index (χ1) is 6.61. The second-order valence-corrected chi connectivity index (χ2v) is 4.32. The lowest BCUT2D eigenvalue weighted by molar-refractivity contribution is 0.244. The van der Waals surface area contributed by atoms with Gasteiger partial charge in [0.05, 0.1) is 0 Å². The second kappa shape index (κ2) is 5.20. The van der Waals surface area contributed by atoms with E-state index in [9.17, 15) is 0 Å². The van der Waals surface area contributed by atoms with Crippen molar-refractivity contribution < 1.29 is 0 Å². The van der Waals surface area contributed by atoms with Crippen LogP contribution < -0.4 is 0 Å². The van der Waals surface area contributed by atoms with E-state index in [1.165, 1.54) is 18.5 Å². The Morgan fingerprint density at radius 3 is 2.57 bits per heavy atom. The summed E-state index contributed by atoms with van der Waals surface area (Å²) in [6, 6.07) is 0.604. The third-order valence-corrected chi connectivity index (χ3v) is 2.90. The van der Waals surface area contributed by atoms with Crippen molar-refractivity contribution in [2.24, 2.45) is 0 Å². The van der Waals surface area contributed by atoms with Crippen LogP contribution in [-0.4, -0.2) is 43.5 Å². The van der Waals surface area contributed by atoms with E-state index in [1.54, 1.807) is 0 Å². The van der Waals surface area contributed by atoms with E-state index >= 15 is 0 Å². The summed E-state index contributed by atoms with van der Waals surface area (Å²) in [5.41, 5.74) is 1.46. The van der Waals surface area contributed by atoms with Gasteiger partial charge in [0.15, 0.2) is 0 Å². The molecule has 0 saturated carbocycles. The molecule has 0 spiro atoms. The molecule has 1 rings (SSSR count). The number of hydrogen-bond acceptors (Lipinski definition) is 2. The monoisotopic (exact) mass is 194 g/mol. The van der Waals surface area contributed by atoms with Gasteiger partial charge in [0.1, 0.15) is 0 Å². The topological polar surface area (TPSA) is 6.48 Å². The highest BCUT2D eigenvalue weighted by molar-refractivity contribution is 5.16. The fourth-order valence-electron chi connectivity index (χ4n) is 1.58. The Labute approximate surface area is 87.9 Å². The molecule has 0 aromatic heterocycles. The Morgan fingerprint density at radius 2 is 2.07 bits per heavy atom. The van der Waals surface area contributed by atoms with Crippen LogP contribution >= 0.6 is 0 Å². The van der Waals surface area contributed by atoms with Crippen LogP contribution in [0.3, 0.4) is 0 Å². The lowest BCUT2D eigenvalue weighted by Gasteiger charge is -2.29. The second-order valence-electron chi connectivity index (χ2n) is 4.32. The van der Waals surface area contributed by atoms with Gasteiger partial charge < -0.3 is 9.80 Å². The van der Waals surface area contributed by atoms with Crippen molar-refractivity contribution in [1.29, 1.82) is 0 Å². The van der Waals surface area contributed by atoms with Crippen LogP contribution in [0.25, 0.3) is 0 Å². The number of rotatable bonds is 4. The Balaban J connectivity index is 2.45. The van der Waals surface area contributed by atoms with Crippen molar-refractivity contribution in [2.45, 2.75) is 25.8 Å². The van der Waals surface area contributed by atoms with Gasteiger partial charge in [-0.3, -0.25) is 0 Å². The van der Waals surface area contributed by atoms with Crippen LogP contribution in [0.4, 0.5) is 0 Å². The van der Waals surface area contributed by atoms with Crippen LogP contribution in [0.15, 0.2) is 23.9 Å². The van der Waals surface area contributed by atoms with E-state index in [2.05, 4.69) is 56.1 Å². The van der Waals surface area contributed by atoms with E-state index in [0.717, 1.165) is 6.54 Å². The van der Waals surface area contributed by atoms with Gasteiger partial charge in [-0.2, -0.15) is 0 Å². The molecule has 1 atom stereocenters. The fourth-order valence-corrected chi connectivity index (χ4v) is 1.58. The summed E-state index contributed by atoms with van der Waals surface area (Å²) in [6.07, 6.45) is 8.99. The number of hydrogen-bond donors (Lipinski definition) is 0. The maximum atomic E-state index is 2.37. The average Bonchev–Trinajstić information content (AvgIpc) is 2.19. The highest BCUT2D eigenvalue weighted by Crippen LogP contribution is 2.15. The Hall–Kier alpha value is -0.760. The molecular formula is C12H22N2. The van der Waals surface area contributed by atoms with Gasteiger partial charge in [0.2, 0.25) is 0 Å². The van der Waals surface area contributed by atoms with Crippen LogP contribution in [0.1, 0.15) is 19.8 Å². The number of allylic oxidation sites excluding steroid dienone is 4. The molecule has 1 aliphatic carbocycles. The lowest BCUT2D eigenvalue weighted by atomic mass is 10.1.